The molecule has 0 aliphatic heterocycles. The molecule has 0 heterocycles. The van der Waals surface area contributed by atoms with Crippen molar-refractivity contribution in [3.63, 3.8) is 0 Å². The standard InChI is InChI=1S/C19H22N2O2/c1-19(2,3)18(23)21-16(17(22)20-4)12-14-10-7-9-13-8-5-6-11-15(13)14/h5-12H,1-4H3,(H,20,22)(H,21,23)/b16-12+. The highest BCUT2D eigenvalue weighted by molar-refractivity contribution is 6.03. The summed E-state index contributed by atoms with van der Waals surface area (Å²) in [6.07, 6.45) is 1.71. The molecule has 23 heavy (non-hydrogen) atoms. The van der Waals surface area contributed by atoms with Crippen LogP contribution in [-0.2, 0) is 9.59 Å². The summed E-state index contributed by atoms with van der Waals surface area (Å²) >= 11 is 0. The van der Waals surface area contributed by atoms with E-state index < -0.39 is 5.41 Å². The van der Waals surface area contributed by atoms with Crippen LogP contribution in [0.15, 0.2) is 48.2 Å². The van der Waals surface area contributed by atoms with E-state index >= 15 is 0 Å². The van der Waals surface area contributed by atoms with Crippen molar-refractivity contribution in [3.8, 4) is 0 Å². The van der Waals surface area contributed by atoms with Gasteiger partial charge in [-0.25, -0.2) is 0 Å². The average Bonchev–Trinajstić information content (AvgIpc) is 2.52. The van der Waals surface area contributed by atoms with Crippen LogP contribution in [0.4, 0.5) is 0 Å². The SMILES string of the molecule is CNC(=O)/C(=C\c1cccc2ccccc12)NC(=O)C(C)(C)C. The molecule has 4 nitrogen and oxygen atoms in total. The fourth-order valence-electron chi connectivity index (χ4n) is 2.13. The second kappa shape index (κ2) is 6.65. The van der Waals surface area contributed by atoms with Gasteiger partial charge in [0.05, 0.1) is 0 Å². The summed E-state index contributed by atoms with van der Waals surface area (Å²) in [6, 6.07) is 13.8. The van der Waals surface area contributed by atoms with Crippen molar-refractivity contribution in [3.05, 3.63) is 53.7 Å². The number of carbonyl (C=O) groups excluding carboxylic acids is 2. The Hall–Kier alpha value is -2.62. The van der Waals surface area contributed by atoms with Gasteiger partial charge in [-0.1, -0.05) is 63.2 Å². The van der Waals surface area contributed by atoms with E-state index in [1.54, 1.807) is 13.1 Å². The number of hydrogen-bond donors (Lipinski definition) is 2. The molecule has 0 fully saturated rings. The summed E-state index contributed by atoms with van der Waals surface area (Å²) in [5.74, 6) is -0.525. The third-order valence-electron chi connectivity index (χ3n) is 3.52. The quantitative estimate of drug-likeness (QED) is 0.856. The Balaban J connectivity index is 2.48. The summed E-state index contributed by atoms with van der Waals surface area (Å²) in [5.41, 5.74) is 0.547. The van der Waals surface area contributed by atoms with E-state index in [2.05, 4.69) is 10.6 Å². The fourth-order valence-corrected chi connectivity index (χ4v) is 2.13. The van der Waals surface area contributed by atoms with E-state index in [1.807, 2.05) is 63.2 Å². The summed E-state index contributed by atoms with van der Waals surface area (Å²) < 4.78 is 0. The highest BCUT2D eigenvalue weighted by Crippen LogP contribution is 2.21. The van der Waals surface area contributed by atoms with Crippen LogP contribution in [0.25, 0.3) is 16.8 Å². The third-order valence-corrected chi connectivity index (χ3v) is 3.52. The normalized spacial score (nSPS) is 12.1. The molecule has 0 spiro atoms. The Bertz CT molecular complexity index is 765. The monoisotopic (exact) mass is 310 g/mol. The van der Waals surface area contributed by atoms with Crippen molar-refractivity contribution in [1.29, 1.82) is 0 Å². The first-order valence-electron chi connectivity index (χ1n) is 7.56. The van der Waals surface area contributed by atoms with Gasteiger partial charge in [0, 0.05) is 12.5 Å². The van der Waals surface area contributed by atoms with Crippen molar-refractivity contribution in [2.45, 2.75) is 20.8 Å². The van der Waals surface area contributed by atoms with E-state index in [9.17, 15) is 9.59 Å². The summed E-state index contributed by atoms with van der Waals surface area (Å²) in [5, 5.41) is 7.41. The third kappa shape index (κ3) is 3.97. The Labute approximate surface area is 136 Å². The summed E-state index contributed by atoms with van der Waals surface area (Å²) in [6.45, 7) is 5.42. The zero-order chi connectivity index (χ0) is 17.0. The predicted octanol–water partition coefficient (Wildman–Crippen LogP) is 3.09. The van der Waals surface area contributed by atoms with Gasteiger partial charge in [0.2, 0.25) is 5.91 Å². The van der Waals surface area contributed by atoms with Crippen molar-refractivity contribution in [1.82, 2.24) is 10.6 Å². The van der Waals surface area contributed by atoms with Crippen LogP contribution in [0.1, 0.15) is 26.3 Å². The molecule has 2 aromatic rings. The second-order valence-electron chi connectivity index (χ2n) is 6.41. The van der Waals surface area contributed by atoms with Crippen molar-refractivity contribution in [2.75, 3.05) is 7.05 Å². The molecule has 0 saturated carbocycles. The molecule has 2 aromatic carbocycles. The lowest BCUT2D eigenvalue weighted by molar-refractivity contribution is -0.129. The fraction of sp³-hybridized carbons (Fsp3) is 0.263. The van der Waals surface area contributed by atoms with Crippen LogP contribution in [0, 0.1) is 5.41 Å². The number of amides is 2. The van der Waals surface area contributed by atoms with Gasteiger partial charge in [-0.05, 0) is 22.4 Å². The van der Waals surface area contributed by atoms with E-state index in [4.69, 9.17) is 0 Å². The van der Waals surface area contributed by atoms with E-state index in [-0.39, 0.29) is 17.5 Å². The molecule has 120 valence electrons. The van der Waals surface area contributed by atoms with Crippen molar-refractivity contribution >= 4 is 28.7 Å². The zero-order valence-corrected chi connectivity index (χ0v) is 13.9. The highest BCUT2D eigenvalue weighted by Gasteiger charge is 2.23. The van der Waals surface area contributed by atoms with Gasteiger partial charge < -0.3 is 10.6 Å². The maximum Gasteiger partial charge on any atom is 0.267 e. The molecule has 0 atom stereocenters. The predicted molar refractivity (Wildman–Crippen MR) is 93.6 cm³/mol. The minimum atomic E-state index is -0.578. The van der Waals surface area contributed by atoms with Crippen LogP contribution >= 0.6 is 0 Å². The average molecular weight is 310 g/mol. The lowest BCUT2D eigenvalue weighted by atomic mass is 9.95. The van der Waals surface area contributed by atoms with Gasteiger partial charge in [0.25, 0.3) is 5.91 Å². The number of carbonyl (C=O) groups is 2. The van der Waals surface area contributed by atoms with Gasteiger partial charge in [0.1, 0.15) is 5.70 Å². The number of rotatable bonds is 3. The van der Waals surface area contributed by atoms with Gasteiger partial charge in [-0.2, -0.15) is 0 Å². The van der Waals surface area contributed by atoms with Gasteiger partial charge in [-0.15, -0.1) is 0 Å². The molecule has 0 aromatic heterocycles. The van der Waals surface area contributed by atoms with Crippen LogP contribution < -0.4 is 10.6 Å². The Morgan fingerprint density at radius 2 is 1.65 bits per heavy atom. The van der Waals surface area contributed by atoms with Crippen LogP contribution in [0.2, 0.25) is 0 Å². The lowest BCUT2D eigenvalue weighted by Crippen LogP contribution is -2.39. The number of hydrogen-bond acceptors (Lipinski definition) is 2. The molecule has 0 bridgehead atoms. The molecule has 2 amide bonds. The maximum atomic E-state index is 12.2. The smallest absolute Gasteiger partial charge is 0.267 e. The van der Waals surface area contributed by atoms with Crippen molar-refractivity contribution in [2.24, 2.45) is 5.41 Å². The number of benzene rings is 2. The number of fused-ring (bicyclic) bond motifs is 1. The lowest BCUT2D eigenvalue weighted by Gasteiger charge is -2.19. The van der Waals surface area contributed by atoms with Crippen LogP contribution in [-0.4, -0.2) is 18.9 Å². The first-order valence-corrected chi connectivity index (χ1v) is 7.56. The van der Waals surface area contributed by atoms with Crippen molar-refractivity contribution < 1.29 is 9.59 Å². The Morgan fingerprint density at radius 1 is 1.00 bits per heavy atom. The number of likely N-dealkylation sites (N-methyl/N-ethyl adjacent to an activating group) is 1. The molecular formula is C19H22N2O2. The minimum absolute atomic E-state index is 0.201. The van der Waals surface area contributed by atoms with Crippen LogP contribution in [0.3, 0.4) is 0 Å². The van der Waals surface area contributed by atoms with Crippen LogP contribution in [0.5, 0.6) is 0 Å². The first kappa shape index (κ1) is 16.7. The molecule has 0 aliphatic rings. The largest absolute Gasteiger partial charge is 0.354 e. The number of nitrogens with one attached hydrogen (secondary N) is 2. The molecule has 0 radical (unpaired) electrons. The highest BCUT2D eigenvalue weighted by atomic mass is 16.2. The molecule has 2 N–H and O–H groups in total. The Morgan fingerprint density at radius 3 is 2.30 bits per heavy atom. The molecule has 0 unspecified atom stereocenters. The van der Waals surface area contributed by atoms with E-state index in [0.717, 1.165) is 16.3 Å². The minimum Gasteiger partial charge on any atom is -0.354 e. The molecule has 2 rings (SSSR count). The van der Waals surface area contributed by atoms with E-state index in [1.165, 1.54) is 0 Å². The molecular weight excluding hydrogens is 288 g/mol. The van der Waals surface area contributed by atoms with Gasteiger partial charge in [-0.3, -0.25) is 9.59 Å². The maximum absolute atomic E-state index is 12.2. The van der Waals surface area contributed by atoms with Gasteiger partial charge in [0.15, 0.2) is 0 Å². The van der Waals surface area contributed by atoms with E-state index in [0.29, 0.717) is 0 Å². The topological polar surface area (TPSA) is 58.2 Å². The zero-order valence-electron chi connectivity index (χ0n) is 13.9. The summed E-state index contributed by atoms with van der Waals surface area (Å²) in [7, 11) is 1.54. The van der Waals surface area contributed by atoms with Gasteiger partial charge >= 0.3 is 0 Å². The molecule has 0 aliphatic carbocycles. The first-order chi connectivity index (χ1) is 10.8. The summed E-state index contributed by atoms with van der Waals surface area (Å²) in [4.78, 5) is 24.3. The Kier molecular flexibility index (Phi) is 4.84. The second-order valence-corrected chi connectivity index (χ2v) is 6.41. The molecule has 0 saturated heterocycles. The molecule has 4 heteroatoms.